The molecule has 0 radical (unpaired) electrons. The van der Waals surface area contributed by atoms with Gasteiger partial charge in [0.05, 0.1) is 11.4 Å². The van der Waals surface area contributed by atoms with Crippen molar-refractivity contribution in [2.24, 2.45) is 0 Å². The van der Waals surface area contributed by atoms with Crippen molar-refractivity contribution in [2.75, 3.05) is 6.54 Å². The Morgan fingerprint density at radius 2 is 1.80 bits per heavy atom. The zero-order valence-corrected chi connectivity index (χ0v) is 12.9. The average molecular weight is 271 g/mol. The molecule has 0 saturated heterocycles. The van der Waals surface area contributed by atoms with Crippen LogP contribution in [0.1, 0.15) is 57.3 Å². The van der Waals surface area contributed by atoms with Crippen molar-refractivity contribution in [2.45, 2.75) is 46.1 Å². The standard InChI is InChI=1S/C17H25N3/c1-5-11-18-14(4)15-6-8-16(9-7-15)20-12-10-17(19-20)13(2)3/h6-10,12-14,18H,5,11H2,1-4H3. The van der Waals surface area contributed by atoms with Gasteiger partial charge in [-0.15, -0.1) is 0 Å². The summed E-state index contributed by atoms with van der Waals surface area (Å²) in [6, 6.07) is 11.1. The minimum Gasteiger partial charge on any atom is -0.310 e. The fourth-order valence-corrected chi connectivity index (χ4v) is 2.18. The van der Waals surface area contributed by atoms with Crippen molar-refractivity contribution in [3.63, 3.8) is 0 Å². The molecule has 1 aromatic heterocycles. The minimum atomic E-state index is 0.396. The van der Waals surface area contributed by atoms with Crippen LogP contribution in [-0.2, 0) is 0 Å². The van der Waals surface area contributed by atoms with E-state index in [4.69, 9.17) is 0 Å². The molecule has 0 fully saturated rings. The lowest BCUT2D eigenvalue weighted by atomic mass is 10.1. The summed E-state index contributed by atoms with van der Waals surface area (Å²) in [5.74, 6) is 0.466. The van der Waals surface area contributed by atoms with Gasteiger partial charge in [-0.25, -0.2) is 4.68 Å². The van der Waals surface area contributed by atoms with E-state index in [9.17, 15) is 0 Å². The summed E-state index contributed by atoms with van der Waals surface area (Å²) in [5, 5.41) is 8.11. The maximum Gasteiger partial charge on any atom is 0.0654 e. The van der Waals surface area contributed by atoms with E-state index < -0.39 is 0 Å². The highest BCUT2D eigenvalue weighted by molar-refractivity contribution is 5.35. The van der Waals surface area contributed by atoms with E-state index in [-0.39, 0.29) is 0 Å². The number of hydrogen-bond donors (Lipinski definition) is 1. The van der Waals surface area contributed by atoms with Crippen LogP contribution in [0.3, 0.4) is 0 Å². The predicted octanol–water partition coefficient (Wildman–Crippen LogP) is 4.06. The first-order valence-electron chi connectivity index (χ1n) is 7.51. The Bertz CT molecular complexity index is 525. The molecule has 0 aliphatic rings. The molecular weight excluding hydrogens is 246 g/mol. The minimum absolute atomic E-state index is 0.396. The van der Waals surface area contributed by atoms with E-state index in [0.717, 1.165) is 24.3 Å². The van der Waals surface area contributed by atoms with Gasteiger partial charge in [0.1, 0.15) is 0 Å². The van der Waals surface area contributed by atoms with Crippen LogP contribution in [0.4, 0.5) is 0 Å². The fraction of sp³-hybridized carbons (Fsp3) is 0.471. The van der Waals surface area contributed by atoms with Gasteiger partial charge in [0.25, 0.3) is 0 Å². The topological polar surface area (TPSA) is 29.9 Å². The van der Waals surface area contributed by atoms with Gasteiger partial charge in [-0.05, 0) is 49.6 Å². The summed E-state index contributed by atoms with van der Waals surface area (Å²) in [5.41, 5.74) is 3.56. The first kappa shape index (κ1) is 14.8. The van der Waals surface area contributed by atoms with Crippen LogP contribution >= 0.6 is 0 Å². The highest BCUT2D eigenvalue weighted by Gasteiger charge is 2.07. The molecule has 1 N–H and O–H groups in total. The average Bonchev–Trinajstić information content (AvgIpc) is 2.95. The largest absolute Gasteiger partial charge is 0.310 e. The van der Waals surface area contributed by atoms with E-state index in [1.165, 1.54) is 5.56 Å². The molecule has 0 amide bonds. The van der Waals surface area contributed by atoms with Gasteiger partial charge in [-0.2, -0.15) is 5.10 Å². The maximum absolute atomic E-state index is 4.61. The Hall–Kier alpha value is -1.61. The fourth-order valence-electron chi connectivity index (χ4n) is 2.18. The lowest BCUT2D eigenvalue weighted by Crippen LogP contribution is -2.19. The Morgan fingerprint density at radius 1 is 1.10 bits per heavy atom. The third-order valence-corrected chi connectivity index (χ3v) is 3.56. The van der Waals surface area contributed by atoms with Gasteiger partial charge in [0.15, 0.2) is 0 Å². The van der Waals surface area contributed by atoms with Gasteiger partial charge in [0, 0.05) is 12.2 Å². The van der Waals surface area contributed by atoms with Gasteiger partial charge in [-0.3, -0.25) is 0 Å². The van der Waals surface area contributed by atoms with Crippen molar-refractivity contribution in [3.8, 4) is 5.69 Å². The van der Waals surface area contributed by atoms with Crippen LogP contribution in [0.2, 0.25) is 0 Å². The number of hydrogen-bond acceptors (Lipinski definition) is 2. The second kappa shape index (κ2) is 6.71. The van der Waals surface area contributed by atoms with Gasteiger partial charge < -0.3 is 5.32 Å². The van der Waals surface area contributed by atoms with Crippen LogP contribution in [0.25, 0.3) is 5.69 Å². The van der Waals surface area contributed by atoms with Crippen molar-refractivity contribution in [1.29, 1.82) is 0 Å². The Balaban J connectivity index is 2.10. The normalized spacial score (nSPS) is 12.8. The molecular formula is C17H25N3. The summed E-state index contributed by atoms with van der Waals surface area (Å²) in [7, 11) is 0. The molecule has 108 valence electrons. The number of aromatic nitrogens is 2. The molecule has 3 nitrogen and oxygen atoms in total. The number of rotatable bonds is 6. The SMILES string of the molecule is CCCNC(C)c1ccc(-n2ccc(C(C)C)n2)cc1. The number of nitrogens with zero attached hydrogens (tertiary/aromatic N) is 2. The van der Waals surface area contributed by atoms with E-state index in [0.29, 0.717) is 12.0 Å². The summed E-state index contributed by atoms with van der Waals surface area (Å²) < 4.78 is 1.95. The molecule has 0 aliphatic heterocycles. The lowest BCUT2D eigenvalue weighted by Gasteiger charge is -2.14. The Kier molecular flexibility index (Phi) is 4.96. The quantitative estimate of drug-likeness (QED) is 0.858. The van der Waals surface area contributed by atoms with Crippen molar-refractivity contribution in [3.05, 3.63) is 47.8 Å². The molecule has 2 aromatic rings. The van der Waals surface area contributed by atoms with Gasteiger partial charge >= 0.3 is 0 Å². The molecule has 2 rings (SSSR count). The molecule has 1 atom stereocenters. The zero-order chi connectivity index (χ0) is 14.5. The first-order chi connectivity index (χ1) is 9.61. The third kappa shape index (κ3) is 3.48. The molecule has 1 unspecified atom stereocenters. The highest BCUT2D eigenvalue weighted by Crippen LogP contribution is 2.17. The van der Waals surface area contributed by atoms with Crippen LogP contribution in [0.5, 0.6) is 0 Å². The van der Waals surface area contributed by atoms with Crippen molar-refractivity contribution < 1.29 is 0 Å². The van der Waals surface area contributed by atoms with E-state index in [1.807, 2.05) is 10.9 Å². The molecule has 0 saturated carbocycles. The molecule has 1 heterocycles. The molecule has 0 bridgehead atoms. The summed E-state index contributed by atoms with van der Waals surface area (Å²) in [6.45, 7) is 9.77. The van der Waals surface area contributed by atoms with Crippen LogP contribution in [-0.4, -0.2) is 16.3 Å². The van der Waals surface area contributed by atoms with Gasteiger partial charge in [0.2, 0.25) is 0 Å². The highest BCUT2D eigenvalue weighted by atomic mass is 15.3. The molecule has 3 heteroatoms. The summed E-state index contributed by atoms with van der Waals surface area (Å²) >= 11 is 0. The van der Waals surface area contributed by atoms with Crippen LogP contribution < -0.4 is 5.32 Å². The summed E-state index contributed by atoms with van der Waals surface area (Å²) in [4.78, 5) is 0. The lowest BCUT2D eigenvalue weighted by molar-refractivity contribution is 0.570. The van der Waals surface area contributed by atoms with Crippen LogP contribution in [0.15, 0.2) is 36.5 Å². The van der Waals surface area contributed by atoms with Crippen LogP contribution in [0, 0.1) is 0 Å². The third-order valence-electron chi connectivity index (χ3n) is 3.56. The monoisotopic (exact) mass is 271 g/mol. The predicted molar refractivity (Wildman–Crippen MR) is 84.4 cm³/mol. The molecule has 1 aromatic carbocycles. The van der Waals surface area contributed by atoms with E-state index in [1.54, 1.807) is 0 Å². The van der Waals surface area contributed by atoms with Gasteiger partial charge in [-0.1, -0.05) is 32.9 Å². The Morgan fingerprint density at radius 3 is 2.35 bits per heavy atom. The Labute approximate surface area is 122 Å². The second-order valence-corrected chi connectivity index (χ2v) is 5.61. The smallest absolute Gasteiger partial charge is 0.0654 e. The molecule has 0 spiro atoms. The van der Waals surface area contributed by atoms with Crippen molar-refractivity contribution in [1.82, 2.24) is 15.1 Å². The zero-order valence-electron chi connectivity index (χ0n) is 12.9. The van der Waals surface area contributed by atoms with Crippen molar-refractivity contribution >= 4 is 0 Å². The maximum atomic E-state index is 4.61. The molecule has 20 heavy (non-hydrogen) atoms. The summed E-state index contributed by atoms with van der Waals surface area (Å²) in [6.07, 6.45) is 3.19. The number of nitrogens with one attached hydrogen (secondary N) is 1. The van der Waals surface area contributed by atoms with E-state index in [2.05, 4.69) is 68.4 Å². The van der Waals surface area contributed by atoms with E-state index >= 15 is 0 Å². The second-order valence-electron chi connectivity index (χ2n) is 5.61. The molecule has 0 aliphatic carbocycles. The number of benzene rings is 1. The first-order valence-corrected chi connectivity index (χ1v) is 7.51.